The van der Waals surface area contributed by atoms with Crippen LogP contribution >= 0.6 is 22.6 Å². The molecule has 1 aromatic carbocycles. The Balaban J connectivity index is 2.64. The minimum Gasteiger partial charge on any atom is -0.258 e. The Bertz CT molecular complexity index is 639. The third-order valence-corrected chi connectivity index (χ3v) is 2.85. The van der Waals surface area contributed by atoms with Gasteiger partial charge in [-0.1, -0.05) is 0 Å². The summed E-state index contributed by atoms with van der Waals surface area (Å²) in [6.45, 7) is 0. The monoisotopic (exact) mass is 383 g/mol. The van der Waals surface area contributed by atoms with E-state index in [9.17, 15) is 23.3 Å². The van der Waals surface area contributed by atoms with E-state index in [0.29, 0.717) is 9.64 Å². The minimum absolute atomic E-state index is 0.249. The highest BCUT2D eigenvalue weighted by Gasteiger charge is 2.36. The van der Waals surface area contributed by atoms with Crippen LogP contribution in [0.5, 0.6) is 0 Å². The van der Waals surface area contributed by atoms with Crippen LogP contribution in [0.15, 0.2) is 30.6 Å². The van der Waals surface area contributed by atoms with Gasteiger partial charge in [0.05, 0.1) is 25.9 Å². The fourth-order valence-corrected chi connectivity index (χ4v) is 1.89. The van der Waals surface area contributed by atoms with Crippen molar-refractivity contribution in [3.05, 3.63) is 49.8 Å². The number of benzene rings is 1. The Hall–Kier alpha value is -1.65. The third kappa shape index (κ3) is 2.85. The third-order valence-electron chi connectivity index (χ3n) is 2.29. The molecule has 0 aliphatic carbocycles. The molecule has 2 rings (SSSR count). The lowest BCUT2D eigenvalue weighted by molar-refractivity contribution is -0.385. The van der Waals surface area contributed by atoms with Gasteiger partial charge in [0.2, 0.25) is 0 Å². The van der Waals surface area contributed by atoms with Crippen molar-refractivity contribution in [3.63, 3.8) is 0 Å². The van der Waals surface area contributed by atoms with Gasteiger partial charge >= 0.3 is 6.18 Å². The van der Waals surface area contributed by atoms with Crippen molar-refractivity contribution in [1.29, 1.82) is 0 Å². The number of nitro benzene ring substituents is 1. The fraction of sp³-hybridized carbons (Fsp3) is 0.100. The number of non-ortho nitro benzene ring substituents is 1. The molecule has 2 aromatic rings. The van der Waals surface area contributed by atoms with Crippen LogP contribution in [-0.2, 0) is 6.18 Å². The minimum atomic E-state index is -4.70. The summed E-state index contributed by atoms with van der Waals surface area (Å²) in [5, 5.41) is 14.3. The molecule has 0 spiro atoms. The Labute approximate surface area is 118 Å². The van der Waals surface area contributed by atoms with E-state index in [1.54, 1.807) is 0 Å². The van der Waals surface area contributed by atoms with Crippen molar-refractivity contribution in [3.8, 4) is 5.69 Å². The Morgan fingerprint density at radius 3 is 2.53 bits per heavy atom. The number of hydrogen-bond donors (Lipinski definition) is 0. The van der Waals surface area contributed by atoms with Crippen molar-refractivity contribution in [2.45, 2.75) is 6.18 Å². The van der Waals surface area contributed by atoms with Crippen LogP contribution in [0.2, 0.25) is 0 Å². The summed E-state index contributed by atoms with van der Waals surface area (Å²) in [5.41, 5.74) is -1.96. The Morgan fingerprint density at radius 1 is 1.37 bits per heavy atom. The van der Waals surface area contributed by atoms with E-state index >= 15 is 0 Å². The summed E-state index contributed by atoms with van der Waals surface area (Å²) in [7, 11) is 0. The zero-order valence-electron chi connectivity index (χ0n) is 9.06. The zero-order chi connectivity index (χ0) is 14.2. The molecular formula is C10H5F3IN3O2. The molecule has 5 nitrogen and oxygen atoms in total. The van der Waals surface area contributed by atoms with Crippen molar-refractivity contribution in [1.82, 2.24) is 9.78 Å². The number of hydrogen-bond acceptors (Lipinski definition) is 3. The number of rotatable bonds is 2. The topological polar surface area (TPSA) is 61.0 Å². The van der Waals surface area contributed by atoms with Crippen LogP contribution in [0.3, 0.4) is 0 Å². The molecule has 0 bridgehead atoms. The van der Waals surface area contributed by atoms with Crippen LogP contribution in [-0.4, -0.2) is 14.7 Å². The van der Waals surface area contributed by atoms with Gasteiger partial charge in [-0.05, 0) is 28.7 Å². The number of nitrogens with zero attached hydrogens (tertiary/aromatic N) is 3. The molecule has 1 aromatic heterocycles. The molecule has 0 saturated carbocycles. The van der Waals surface area contributed by atoms with Gasteiger partial charge in [-0.25, -0.2) is 4.68 Å². The highest BCUT2D eigenvalue weighted by atomic mass is 127. The van der Waals surface area contributed by atoms with Gasteiger partial charge < -0.3 is 0 Å². The Morgan fingerprint density at radius 2 is 2.05 bits per heavy atom. The quantitative estimate of drug-likeness (QED) is 0.454. The molecule has 19 heavy (non-hydrogen) atoms. The molecule has 1 heterocycles. The van der Waals surface area contributed by atoms with Crippen LogP contribution in [0.25, 0.3) is 5.69 Å². The molecule has 0 unspecified atom stereocenters. The van der Waals surface area contributed by atoms with Crippen LogP contribution in [0.4, 0.5) is 18.9 Å². The predicted molar refractivity (Wildman–Crippen MR) is 67.9 cm³/mol. The van der Waals surface area contributed by atoms with E-state index in [2.05, 4.69) is 5.10 Å². The van der Waals surface area contributed by atoms with Gasteiger partial charge in [0.1, 0.15) is 0 Å². The van der Waals surface area contributed by atoms with Gasteiger partial charge in [-0.15, -0.1) is 0 Å². The standard InChI is InChI=1S/C10H5F3IN3O2/c11-10(12,13)8-3-7(17(18)19)1-2-9(8)16-5-6(14)4-15-16/h1-5H. The summed E-state index contributed by atoms with van der Waals surface area (Å²) in [6, 6.07) is 2.55. The number of alkyl halides is 3. The largest absolute Gasteiger partial charge is 0.418 e. The second kappa shape index (κ2) is 4.79. The molecule has 0 radical (unpaired) electrons. The first kappa shape index (κ1) is 13.8. The van der Waals surface area contributed by atoms with Gasteiger partial charge in [-0.2, -0.15) is 18.3 Å². The average Bonchev–Trinajstić information content (AvgIpc) is 2.73. The van der Waals surface area contributed by atoms with Crippen molar-refractivity contribution in [2.75, 3.05) is 0 Å². The van der Waals surface area contributed by atoms with Crippen molar-refractivity contribution in [2.24, 2.45) is 0 Å². The molecule has 100 valence electrons. The first-order valence-electron chi connectivity index (χ1n) is 4.85. The summed E-state index contributed by atoms with van der Waals surface area (Å²) in [5.74, 6) is 0. The molecule has 0 amide bonds. The summed E-state index contributed by atoms with van der Waals surface area (Å²) in [4.78, 5) is 9.68. The van der Waals surface area contributed by atoms with E-state index in [1.165, 1.54) is 12.4 Å². The van der Waals surface area contributed by atoms with E-state index in [1.807, 2.05) is 22.6 Å². The second-order valence-electron chi connectivity index (χ2n) is 3.56. The first-order chi connectivity index (χ1) is 8.79. The second-order valence-corrected chi connectivity index (χ2v) is 4.81. The highest BCUT2D eigenvalue weighted by Crippen LogP contribution is 2.36. The smallest absolute Gasteiger partial charge is 0.258 e. The van der Waals surface area contributed by atoms with E-state index in [-0.39, 0.29) is 5.69 Å². The average molecular weight is 383 g/mol. The number of aromatic nitrogens is 2. The van der Waals surface area contributed by atoms with Gasteiger partial charge in [-0.3, -0.25) is 10.1 Å². The SMILES string of the molecule is O=[N+]([O-])c1ccc(-n2cc(I)cn2)c(C(F)(F)F)c1. The lowest BCUT2D eigenvalue weighted by Crippen LogP contribution is -2.11. The van der Waals surface area contributed by atoms with Crippen LogP contribution < -0.4 is 0 Å². The maximum absolute atomic E-state index is 12.9. The number of halogens is 4. The molecule has 0 atom stereocenters. The lowest BCUT2D eigenvalue weighted by Gasteiger charge is -2.12. The lowest BCUT2D eigenvalue weighted by atomic mass is 10.1. The molecule has 0 fully saturated rings. The summed E-state index contributed by atoms with van der Waals surface area (Å²) < 4.78 is 40.4. The van der Waals surface area contributed by atoms with Gasteiger partial charge in [0.15, 0.2) is 0 Å². The Kier molecular flexibility index (Phi) is 3.47. The number of nitro groups is 1. The molecule has 0 aliphatic rings. The molecule has 0 aliphatic heterocycles. The maximum atomic E-state index is 12.9. The zero-order valence-corrected chi connectivity index (χ0v) is 11.2. The maximum Gasteiger partial charge on any atom is 0.418 e. The van der Waals surface area contributed by atoms with Gasteiger partial charge in [0.25, 0.3) is 5.69 Å². The fourth-order valence-electron chi connectivity index (χ4n) is 1.50. The van der Waals surface area contributed by atoms with E-state index in [4.69, 9.17) is 0 Å². The molecular weight excluding hydrogens is 378 g/mol. The summed E-state index contributed by atoms with van der Waals surface area (Å²) >= 11 is 1.90. The highest BCUT2D eigenvalue weighted by molar-refractivity contribution is 14.1. The summed E-state index contributed by atoms with van der Waals surface area (Å²) in [6.07, 6.45) is -1.90. The van der Waals surface area contributed by atoms with E-state index < -0.39 is 22.4 Å². The normalized spacial score (nSPS) is 11.6. The first-order valence-corrected chi connectivity index (χ1v) is 5.93. The van der Waals surface area contributed by atoms with Crippen molar-refractivity contribution >= 4 is 28.3 Å². The van der Waals surface area contributed by atoms with Gasteiger partial charge in [0, 0.05) is 18.3 Å². The van der Waals surface area contributed by atoms with Crippen LogP contribution in [0.1, 0.15) is 5.56 Å². The van der Waals surface area contributed by atoms with Crippen molar-refractivity contribution < 1.29 is 18.1 Å². The molecule has 9 heteroatoms. The predicted octanol–water partition coefficient (Wildman–Crippen LogP) is 3.40. The van der Waals surface area contributed by atoms with E-state index in [0.717, 1.165) is 16.8 Å². The van der Waals surface area contributed by atoms with Crippen LogP contribution in [0, 0.1) is 13.7 Å². The molecule has 0 saturated heterocycles. The molecule has 0 N–H and O–H groups in total.